The van der Waals surface area contributed by atoms with E-state index in [0.29, 0.717) is 0 Å². The average molecular weight is 176 g/mol. The van der Waals surface area contributed by atoms with Crippen LogP contribution in [0.25, 0.3) is 11.0 Å². The van der Waals surface area contributed by atoms with Crippen molar-refractivity contribution in [3.8, 4) is 0 Å². The van der Waals surface area contributed by atoms with Crippen LogP contribution in [-0.2, 0) is 14.1 Å². The number of aryl methyl sites for hydroxylation is 2. The number of rotatable bonds is 0. The minimum atomic E-state index is 0.765. The SMILES string of the molecule is Cn1c(=NN)n(C)c2ccccc21. The molecule has 0 aliphatic carbocycles. The second-order valence-corrected chi connectivity index (χ2v) is 3.04. The van der Waals surface area contributed by atoms with Gasteiger partial charge in [0.25, 0.3) is 0 Å². The molecule has 4 heteroatoms. The summed E-state index contributed by atoms with van der Waals surface area (Å²) in [5.74, 6) is 5.30. The normalized spacial score (nSPS) is 10.6. The first kappa shape index (κ1) is 7.91. The van der Waals surface area contributed by atoms with E-state index in [0.717, 1.165) is 16.7 Å². The van der Waals surface area contributed by atoms with E-state index in [1.54, 1.807) is 0 Å². The Labute approximate surface area is 75.9 Å². The first-order chi connectivity index (χ1) is 6.25. The maximum absolute atomic E-state index is 5.30. The molecular weight excluding hydrogens is 164 g/mol. The van der Waals surface area contributed by atoms with Crippen molar-refractivity contribution in [2.24, 2.45) is 25.0 Å². The van der Waals surface area contributed by atoms with Crippen LogP contribution < -0.4 is 11.5 Å². The van der Waals surface area contributed by atoms with Crippen molar-refractivity contribution in [1.82, 2.24) is 9.13 Å². The molecule has 0 atom stereocenters. The number of fused-ring (bicyclic) bond motifs is 1. The average Bonchev–Trinajstić information content (AvgIpc) is 2.41. The molecule has 0 spiro atoms. The van der Waals surface area contributed by atoms with Gasteiger partial charge < -0.3 is 15.0 Å². The molecule has 2 rings (SSSR count). The third-order valence-corrected chi connectivity index (χ3v) is 2.32. The number of nitrogens with two attached hydrogens (primary N) is 1. The standard InChI is InChI=1S/C9H12N4/c1-12-7-5-3-4-6-8(7)13(2)9(12)11-10/h3-6H,10H2,1-2H3. The number of para-hydroxylation sites is 2. The van der Waals surface area contributed by atoms with Gasteiger partial charge in [-0.2, -0.15) is 0 Å². The van der Waals surface area contributed by atoms with Crippen molar-refractivity contribution < 1.29 is 0 Å². The van der Waals surface area contributed by atoms with Gasteiger partial charge in [0.05, 0.1) is 11.0 Å². The summed E-state index contributed by atoms with van der Waals surface area (Å²) in [6.07, 6.45) is 0. The Kier molecular flexibility index (Phi) is 1.62. The van der Waals surface area contributed by atoms with E-state index in [4.69, 9.17) is 5.84 Å². The molecule has 0 aliphatic heterocycles. The highest BCUT2D eigenvalue weighted by Crippen LogP contribution is 2.09. The van der Waals surface area contributed by atoms with Crippen molar-refractivity contribution in [2.75, 3.05) is 0 Å². The highest BCUT2D eigenvalue weighted by Gasteiger charge is 2.03. The zero-order valence-corrected chi connectivity index (χ0v) is 7.73. The molecule has 4 nitrogen and oxygen atoms in total. The van der Waals surface area contributed by atoms with Gasteiger partial charge in [-0.15, -0.1) is 5.10 Å². The molecule has 68 valence electrons. The minimum absolute atomic E-state index is 0.765. The summed E-state index contributed by atoms with van der Waals surface area (Å²) in [5, 5.41) is 3.73. The number of nitrogens with zero attached hydrogens (tertiary/aromatic N) is 3. The number of hydrogen-bond acceptors (Lipinski definition) is 2. The van der Waals surface area contributed by atoms with E-state index in [2.05, 4.69) is 5.10 Å². The van der Waals surface area contributed by atoms with Gasteiger partial charge in [-0.25, -0.2) is 0 Å². The van der Waals surface area contributed by atoms with E-state index in [1.807, 2.05) is 47.5 Å². The largest absolute Gasteiger partial charge is 0.320 e. The van der Waals surface area contributed by atoms with Crippen molar-refractivity contribution in [3.63, 3.8) is 0 Å². The van der Waals surface area contributed by atoms with Crippen LogP contribution >= 0.6 is 0 Å². The summed E-state index contributed by atoms with van der Waals surface area (Å²) < 4.78 is 3.94. The van der Waals surface area contributed by atoms with Gasteiger partial charge in [0.15, 0.2) is 0 Å². The number of imidazole rings is 1. The van der Waals surface area contributed by atoms with Crippen LogP contribution in [0.5, 0.6) is 0 Å². The van der Waals surface area contributed by atoms with Crippen LogP contribution in [0.4, 0.5) is 0 Å². The van der Waals surface area contributed by atoms with E-state index in [-0.39, 0.29) is 0 Å². The Morgan fingerprint density at radius 3 is 1.92 bits per heavy atom. The third kappa shape index (κ3) is 0.950. The molecule has 1 aromatic carbocycles. The summed E-state index contributed by atoms with van der Waals surface area (Å²) in [7, 11) is 3.90. The van der Waals surface area contributed by atoms with Crippen molar-refractivity contribution in [1.29, 1.82) is 0 Å². The molecule has 0 saturated carbocycles. The zero-order valence-electron chi connectivity index (χ0n) is 7.73. The Hall–Kier alpha value is -1.71. The lowest BCUT2D eigenvalue weighted by atomic mass is 10.3. The third-order valence-electron chi connectivity index (χ3n) is 2.32. The van der Waals surface area contributed by atoms with Gasteiger partial charge >= 0.3 is 0 Å². The second-order valence-electron chi connectivity index (χ2n) is 3.04. The number of hydrogen-bond donors (Lipinski definition) is 1. The van der Waals surface area contributed by atoms with Crippen molar-refractivity contribution >= 4 is 11.0 Å². The molecule has 1 aromatic heterocycles. The fourth-order valence-corrected chi connectivity index (χ4v) is 1.65. The van der Waals surface area contributed by atoms with Crippen molar-refractivity contribution in [2.45, 2.75) is 0 Å². The first-order valence-electron chi connectivity index (χ1n) is 4.10. The zero-order chi connectivity index (χ0) is 9.42. The lowest BCUT2D eigenvalue weighted by Crippen LogP contribution is -2.23. The fourth-order valence-electron chi connectivity index (χ4n) is 1.65. The summed E-state index contributed by atoms with van der Waals surface area (Å²) in [6.45, 7) is 0. The summed E-state index contributed by atoms with van der Waals surface area (Å²) in [6, 6.07) is 8.10. The molecule has 13 heavy (non-hydrogen) atoms. The molecule has 1 heterocycles. The van der Waals surface area contributed by atoms with Crippen LogP contribution in [0.2, 0.25) is 0 Å². The molecular formula is C9H12N4. The second kappa shape index (κ2) is 2.65. The maximum Gasteiger partial charge on any atom is 0.227 e. The van der Waals surface area contributed by atoms with Gasteiger partial charge in [-0.3, -0.25) is 0 Å². The molecule has 0 bridgehead atoms. The van der Waals surface area contributed by atoms with E-state index in [9.17, 15) is 0 Å². The number of benzene rings is 1. The molecule has 0 amide bonds. The topological polar surface area (TPSA) is 48.2 Å². The first-order valence-corrected chi connectivity index (χ1v) is 4.10. The van der Waals surface area contributed by atoms with Gasteiger partial charge in [0.1, 0.15) is 0 Å². The minimum Gasteiger partial charge on any atom is -0.320 e. The van der Waals surface area contributed by atoms with Crippen molar-refractivity contribution in [3.05, 3.63) is 29.9 Å². The fraction of sp³-hybridized carbons (Fsp3) is 0.222. The summed E-state index contributed by atoms with van der Waals surface area (Å²) in [4.78, 5) is 0. The lowest BCUT2D eigenvalue weighted by molar-refractivity contribution is 0.744. The van der Waals surface area contributed by atoms with Crippen LogP contribution in [0.3, 0.4) is 0 Å². The molecule has 2 N–H and O–H groups in total. The Morgan fingerprint density at radius 2 is 1.54 bits per heavy atom. The maximum atomic E-state index is 5.30. The van der Waals surface area contributed by atoms with Crippen LogP contribution in [0, 0.1) is 0 Å². The molecule has 0 radical (unpaired) electrons. The van der Waals surface area contributed by atoms with Crippen LogP contribution in [0.15, 0.2) is 29.4 Å². The van der Waals surface area contributed by atoms with Crippen LogP contribution in [-0.4, -0.2) is 9.13 Å². The highest BCUT2D eigenvalue weighted by atomic mass is 15.3. The monoisotopic (exact) mass is 176 g/mol. The highest BCUT2D eigenvalue weighted by molar-refractivity contribution is 5.75. The molecule has 0 saturated heterocycles. The van der Waals surface area contributed by atoms with E-state index >= 15 is 0 Å². The molecule has 0 fully saturated rings. The smallest absolute Gasteiger partial charge is 0.227 e. The quantitative estimate of drug-likeness (QED) is 0.455. The van der Waals surface area contributed by atoms with Gasteiger partial charge in [-0.1, -0.05) is 12.1 Å². The van der Waals surface area contributed by atoms with E-state index in [1.165, 1.54) is 0 Å². The van der Waals surface area contributed by atoms with Crippen LogP contribution in [0.1, 0.15) is 0 Å². The number of aromatic nitrogens is 2. The van der Waals surface area contributed by atoms with E-state index < -0.39 is 0 Å². The Bertz CT molecular complexity index is 462. The Morgan fingerprint density at radius 1 is 1.08 bits per heavy atom. The predicted molar refractivity (Wildman–Crippen MR) is 51.6 cm³/mol. The van der Waals surface area contributed by atoms with Gasteiger partial charge in [0.2, 0.25) is 5.62 Å². The molecule has 0 unspecified atom stereocenters. The predicted octanol–water partition coefficient (Wildman–Crippen LogP) is 0.291. The Balaban J connectivity index is 3.06. The summed E-state index contributed by atoms with van der Waals surface area (Å²) >= 11 is 0. The summed E-state index contributed by atoms with van der Waals surface area (Å²) in [5.41, 5.74) is 3.03. The molecule has 2 aromatic rings. The van der Waals surface area contributed by atoms with Gasteiger partial charge in [-0.05, 0) is 12.1 Å². The molecule has 0 aliphatic rings. The lowest BCUT2D eigenvalue weighted by Gasteiger charge is -1.91. The van der Waals surface area contributed by atoms with Gasteiger partial charge in [0, 0.05) is 14.1 Å².